The zero-order valence-corrected chi connectivity index (χ0v) is 29.5. The molecule has 2 nitrogen and oxygen atoms in total. The van der Waals surface area contributed by atoms with Gasteiger partial charge in [-0.25, -0.2) is 0 Å². The molecule has 0 aromatic heterocycles. The van der Waals surface area contributed by atoms with E-state index in [1.165, 1.54) is 206 Å². The van der Waals surface area contributed by atoms with Crippen molar-refractivity contribution in [1.82, 2.24) is 9.80 Å². The van der Waals surface area contributed by atoms with E-state index in [-0.39, 0.29) is 0 Å². The summed E-state index contributed by atoms with van der Waals surface area (Å²) in [6.07, 6.45) is 39.9. The van der Waals surface area contributed by atoms with Crippen LogP contribution in [0.5, 0.6) is 0 Å². The Morgan fingerprint density at radius 3 is 0.550 bits per heavy atom. The summed E-state index contributed by atoms with van der Waals surface area (Å²) in [6.45, 7) is 14.4. The number of hydrogen-bond donors (Lipinski definition) is 0. The Bertz CT molecular complexity index is 374. The van der Waals surface area contributed by atoms with Crippen LogP contribution in [0.2, 0.25) is 0 Å². The molecule has 0 radical (unpaired) electrons. The van der Waals surface area contributed by atoms with E-state index in [2.05, 4.69) is 51.6 Å². The van der Waals surface area contributed by atoms with Gasteiger partial charge in [-0.05, 0) is 66.0 Å². The molecule has 40 heavy (non-hydrogen) atoms. The van der Waals surface area contributed by atoms with Crippen LogP contribution in [0.3, 0.4) is 0 Å². The number of nitrogens with zero attached hydrogens (tertiary/aromatic N) is 2. The second-order valence-corrected chi connectivity index (χ2v) is 13.1. The molecule has 0 amide bonds. The molecule has 0 rings (SSSR count). The van der Waals surface area contributed by atoms with Crippen molar-refractivity contribution in [2.75, 3.05) is 40.3 Å². The highest BCUT2D eigenvalue weighted by atomic mass is 15.1. The largest absolute Gasteiger partial charge is 0.306 e. The minimum atomic E-state index is 1.31. The van der Waals surface area contributed by atoms with Gasteiger partial charge >= 0.3 is 0 Å². The minimum absolute atomic E-state index is 1.31. The lowest BCUT2D eigenvalue weighted by molar-refractivity contribution is 0.314. The Labute approximate surface area is 257 Å². The van der Waals surface area contributed by atoms with Gasteiger partial charge in [-0.1, -0.05) is 182 Å². The molecule has 0 saturated heterocycles. The molecule has 0 heterocycles. The number of hydrogen-bond acceptors (Lipinski definition) is 2. The zero-order valence-electron chi connectivity index (χ0n) is 29.5. The first kappa shape index (κ1) is 42.1. The van der Waals surface area contributed by atoms with E-state index in [9.17, 15) is 0 Å². The third kappa shape index (κ3) is 40.1. The lowest BCUT2D eigenvalue weighted by atomic mass is 10.1. The Morgan fingerprint density at radius 1 is 0.225 bits per heavy atom. The van der Waals surface area contributed by atoms with Crippen molar-refractivity contribution in [3.05, 3.63) is 0 Å². The molecule has 0 aliphatic rings. The van der Waals surface area contributed by atoms with Gasteiger partial charge in [-0.3, -0.25) is 0 Å². The zero-order chi connectivity index (χ0) is 29.8. The van der Waals surface area contributed by atoms with E-state index in [0.29, 0.717) is 0 Å². The Hall–Kier alpha value is -0.0800. The summed E-state index contributed by atoms with van der Waals surface area (Å²) < 4.78 is 0. The lowest BCUT2D eigenvalue weighted by Crippen LogP contribution is -2.20. The van der Waals surface area contributed by atoms with E-state index < -0.39 is 0 Å². The van der Waals surface area contributed by atoms with Crippen molar-refractivity contribution in [3.63, 3.8) is 0 Å². The third-order valence-corrected chi connectivity index (χ3v) is 8.57. The Balaban J connectivity index is 0. The normalized spacial score (nSPS) is 11.4. The van der Waals surface area contributed by atoms with Crippen molar-refractivity contribution >= 4 is 0 Å². The van der Waals surface area contributed by atoms with Crippen molar-refractivity contribution in [3.8, 4) is 0 Å². The fraction of sp³-hybridized carbons (Fsp3) is 1.00. The van der Waals surface area contributed by atoms with Gasteiger partial charge in [0.25, 0.3) is 0 Å². The van der Waals surface area contributed by atoms with Crippen molar-refractivity contribution in [2.24, 2.45) is 0 Å². The molecule has 244 valence electrons. The average molecular weight is 567 g/mol. The molecule has 0 aliphatic carbocycles. The predicted molar refractivity (Wildman–Crippen MR) is 187 cm³/mol. The molecule has 0 bridgehead atoms. The van der Waals surface area contributed by atoms with Crippen LogP contribution < -0.4 is 0 Å². The quantitative estimate of drug-likeness (QED) is 0.0747. The second kappa shape index (κ2) is 38.9. The van der Waals surface area contributed by atoms with Crippen molar-refractivity contribution in [2.45, 2.75) is 207 Å². The van der Waals surface area contributed by atoms with Crippen LogP contribution in [-0.2, 0) is 0 Å². The summed E-state index contributed by atoms with van der Waals surface area (Å²) in [5, 5.41) is 0. The van der Waals surface area contributed by atoms with Crippen LogP contribution in [-0.4, -0.2) is 50.1 Å². The second-order valence-electron chi connectivity index (χ2n) is 13.1. The predicted octanol–water partition coefficient (Wildman–Crippen LogP) is 12.8. The summed E-state index contributed by atoms with van der Waals surface area (Å²) in [4.78, 5) is 5.08. The summed E-state index contributed by atoms with van der Waals surface area (Å²) in [5.41, 5.74) is 0. The molecule has 0 aromatic carbocycles. The molecule has 0 aromatic rings. The van der Waals surface area contributed by atoms with E-state index in [1.54, 1.807) is 0 Å². The highest BCUT2D eigenvalue weighted by molar-refractivity contribution is 4.56. The maximum absolute atomic E-state index is 2.55. The first-order chi connectivity index (χ1) is 19.6. The third-order valence-electron chi connectivity index (χ3n) is 8.57. The monoisotopic (exact) mass is 567 g/mol. The highest BCUT2D eigenvalue weighted by Gasteiger charge is 2.00. The van der Waals surface area contributed by atoms with Gasteiger partial charge in [0.15, 0.2) is 0 Å². The van der Waals surface area contributed by atoms with Crippen LogP contribution in [0.25, 0.3) is 0 Å². The maximum atomic E-state index is 2.55. The molecule has 0 aliphatic heterocycles. The smallest absolute Gasteiger partial charge is 0.00218 e. The highest BCUT2D eigenvalue weighted by Crippen LogP contribution is 2.11. The van der Waals surface area contributed by atoms with E-state index in [4.69, 9.17) is 0 Å². The molecule has 0 spiro atoms. The van der Waals surface area contributed by atoms with Gasteiger partial charge in [-0.2, -0.15) is 0 Å². The van der Waals surface area contributed by atoms with Crippen LogP contribution in [0, 0.1) is 0 Å². The molecule has 2 heteroatoms. The van der Waals surface area contributed by atoms with E-state index in [1.807, 2.05) is 0 Å². The van der Waals surface area contributed by atoms with Crippen LogP contribution in [0.15, 0.2) is 0 Å². The Kier molecular flexibility index (Phi) is 40.9. The molecular weight excluding hydrogens is 484 g/mol. The van der Waals surface area contributed by atoms with Gasteiger partial charge in [0.1, 0.15) is 0 Å². The topological polar surface area (TPSA) is 6.48 Å². The number of unbranched alkanes of at least 4 members (excludes halogenated alkanes) is 24. The van der Waals surface area contributed by atoms with E-state index in [0.717, 1.165) is 0 Å². The van der Waals surface area contributed by atoms with Gasteiger partial charge in [-0.15, -0.1) is 0 Å². The van der Waals surface area contributed by atoms with Gasteiger partial charge < -0.3 is 9.80 Å². The summed E-state index contributed by atoms with van der Waals surface area (Å²) in [7, 11) is 4.60. The SMILES string of the molecule is CCCCCCCCCCN(C)CCCCCCCCCC.CCCCCCCCN(C)CCCCCCCC. The molecule has 0 unspecified atom stereocenters. The first-order valence-electron chi connectivity index (χ1n) is 19.0. The Morgan fingerprint density at radius 2 is 0.375 bits per heavy atom. The van der Waals surface area contributed by atoms with Gasteiger partial charge in [0.05, 0.1) is 0 Å². The fourth-order valence-corrected chi connectivity index (χ4v) is 5.58. The fourth-order valence-electron chi connectivity index (χ4n) is 5.58. The number of rotatable bonds is 32. The van der Waals surface area contributed by atoms with Gasteiger partial charge in [0.2, 0.25) is 0 Å². The van der Waals surface area contributed by atoms with Crippen molar-refractivity contribution < 1.29 is 0 Å². The van der Waals surface area contributed by atoms with E-state index >= 15 is 0 Å². The summed E-state index contributed by atoms with van der Waals surface area (Å²) in [5.74, 6) is 0. The maximum Gasteiger partial charge on any atom is -0.00218 e. The molecule has 0 N–H and O–H groups in total. The average Bonchev–Trinajstić information content (AvgIpc) is 2.95. The van der Waals surface area contributed by atoms with Crippen LogP contribution in [0.1, 0.15) is 207 Å². The van der Waals surface area contributed by atoms with Crippen molar-refractivity contribution in [1.29, 1.82) is 0 Å². The molecular formula is C38H82N2. The van der Waals surface area contributed by atoms with Crippen LogP contribution in [0.4, 0.5) is 0 Å². The standard InChI is InChI=1S/C21H45N.C17H37N/c1-4-6-8-10-12-14-16-18-20-22(3)21-19-17-15-13-11-9-7-5-2;1-4-6-8-10-12-14-16-18(3)17-15-13-11-9-7-5-2/h4-21H2,1-3H3;4-17H2,1-3H3. The minimum Gasteiger partial charge on any atom is -0.306 e. The summed E-state index contributed by atoms with van der Waals surface area (Å²) in [6, 6.07) is 0. The molecule has 0 saturated carbocycles. The lowest BCUT2D eigenvalue weighted by Gasteiger charge is -2.16. The van der Waals surface area contributed by atoms with Gasteiger partial charge in [0, 0.05) is 0 Å². The first-order valence-corrected chi connectivity index (χ1v) is 19.0. The summed E-state index contributed by atoms with van der Waals surface area (Å²) >= 11 is 0. The molecule has 0 fully saturated rings. The molecule has 0 atom stereocenters. The van der Waals surface area contributed by atoms with Crippen LogP contribution >= 0.6 is 0 Å².